The van der Waals surface area contributed by atoms with E-state index >= 15 is 0 Å². The highest BCUT2D eigenvalue weighted by molar-refractivity contribution is 7.80. The Morgan fingerprint density at radius 2 is 2.06 bits per heavy atom. The largest absolute Gasteiger partial charge is 0.378 e. The predicted molar refractivity (Wildman–Crippen MR) is 81.7 cm³/mol. The summed E-state index contributed by atoms with van der Waals surface area (Å²) >= 11 is 4.45. The molecular weight excluding hydrogens is 244 g/mol. The second-order valence-corrected chi connectivity index (χ2v) is 6.35. The van der Waals surface area contributed by atoms with E-state index < -0.39 is 0 Å². The molecule has 0 amide bonds. The molecule has 1 fully saturated rings. The van der Waals surface area contributed by atoms with Gasteiger partial charge in [-0.25, -0.2) is 0 Å². The quantitative estimate of drug-likeness (QED) is 0.539. The van der Waals surface area contributed by atoms with Crippen LogP contribution in [0.3, 0.4) is 0 Å². The van der Waals surface area contributed by atoms with Gasteiger partial charge in [0.1, 0.15) is 0 Å². The molecule has 0 saturated carbocycles. The molecule has 0 aromatic heterocycles. The number of rotatable bonds is 8. The fraction of sp³-hybridized carbons (Fsp3) is 1.00. The van der Waals surface area contributed by atoms with Crippen LogP contribution in [0.2, 0.25) is 0 Å². The Bertz CT molecular complexity index is 206. The SMILES string of the molecule is CCN(C)CCCOC1CCN(CC(C)S)CC1. The van der Waals surface area contributed by atoms with E-state index in [0.29, 0.717) is 11.4 Å². The van der Waals surface area contributed by atoms with Crippen LogP contribution in [-0.4, -0.2) is 67.5 Å². The van der Waals surface area contributed by atoms with E-state index in [4.69, 9.17) is 4.74 Å². The highest BCUT2D eigenvalue weighted by atomic mass is 32.1. The monoisotopic (exact) mass is 274 g/mol. The predicted octanol–water partition coefficient (Wildman–Crippen LogP) is 2.13. The number of hydrogen-bond acceptors (Lipinski definition) is 4. The van der Waals surface area contributed by atoms with Gasteiger partial charge in [0.2, 0.25) is 0 Å². The van der Waals surface area contributed by atoms with E-state index in [2.05, 4.69) is 43.3 Å². The van der Waals surface area contributed by atoms with Crippen LogP contribution in [-0.2, 0) is 4.74 Å². The van der Waals surface area contributed by atoms with Crippen molar-refractivity contribution >= 4 is 12.6 Å². The zero-order chi connectivity index (χ0) is 13.4. The third kappa shape index (κ3) is 6.98. The van der Waals surface area contributed by atoms with Crippen LogP contribution in [0.4, 0.5) is 0 Å². The maximum Gasteiger partial charge on any atom is 0.0599 e. The van der Waals surface area contributed by atoms with Crippen molar-refractivity contribution in [3.05, 3.63) is 0 Å². The molecule has 1 rings (SSSR count). The third-order valence-corrected chi connectivity index (χ3v) is 3.80. The minimum absolute atomic E-state index is 0.479. The molecule has 108 valence electrons. The summed E-state index contributed by atoms with van der Waals surface area (Å²) in [5, 5.41) is 0.479. The van der Waals surface area contributed by atoms with Crippen LogP contribution in [0, 0.1) is 0 Å². The standard InChI is InChI=1S/C14H30N2OS/c1-4-15(3)8-5-11-17-14-6-9-16(10-7-14)12-13(2)18/h13-14,18H,4-12H2,1-3H3. The van der Waals surface area contributed by atoms with Gasteiger partial charge >= 0.3 is 0 Å². The van der Waals surface area contributed by atoms with E-state index in [0.717, 1.165) is 32.7 Å². The average molecular weight is 274 g/mol. The first-order chi connectivity index (χ1) is 8.61. The highest BCUT2D eigenvalue weighted by Gasteiger charge is 2.19. The molecule has 0 aromatic carbocycles. The number of nitrogens with zero attached hydrogens (tertiary/aromatic N) is 2. The van der Waals surface area contributed by atoms with Gasteiger partial charge in [0.25, 0.3) is 0 Å². The number of piperidine rings is 1. The summed E-state index contributed by atoms with van der Waals surface area (Å²) in [6, 6.07) is 0. The summed E-state index contributed by atoms with van der Waals surface area (Å²) in [6.07, 6.45) is 4.01. The first-order valence-corrected chi connectivity index (χ1v) is 7.84. The Hall–Kier alpha value is 0.230. The molecule has 3 nitrogen and oxygen atoms in total. The van der Waals surface area contributed by atoms with Crippen molar-refractivity contribution in [1.29, 1.82) is 0 Å². The zero-order valence-electron chi connectivity index (χ0n) is 12.3. The number of likely N-dealkylation sites (tertiary alicyclic amines) is 1. The van der Waals surface area contributed by atoms with Gasteiger partial charge in [-0.2, -0.15) is 12.6 Å². The van der Waals surface area contributed by atoms with Gasteiger partial charge in [0.05, 0.1) is 6.10 Å². The van der Waals surface area contributed by atoms with E-state index in [9.17, 15) is 0 Å². The topological polar surface area (TPSA) is 15.7 Å². The van der Waals surface area contributed by atoms with Crippen molar-refractivity contribution in [2.45, 2.75) is 44.5 Å². The molecule has 0 spiro atoms. The average Bonchev–Trinajstić information content (AvgIpc) is 2.35. The van der Waals surface area contributed by atoms with Crippen molar-refractivity contribution in [2.75, 3.05) is 46.4 Å². The molecule has 0 N–H and O–H groups in total. The van der Waals surface area contributed by atoms with Crippen LogP contribution < -0.4 is 0 Å². The number of hydrogen-bond donors (Lipinski definition) is 1. The molecular formula is C14H30N2OS. The lowest BCUT2D eigenvalue weighted by atomic mass is 10.1. The molecule has 1 aliphatic heterocycles. The summed E-state index contributed by atoms with van der Waals surface area (Å²) in [5.41, 5.74) is 0. The van der Waals surface area contributed by atoms with E-state index in [-0.39, 0.29) is 0 Å². The molecule has 1 saturated heterocycles. The van der Waals surface area contributed by atoms with Crippen molar-refractivity contribution < 1.29 is 4.74 Å². The van der Waals surface area contributed by atoms with E-state index in [1.807, 2.05) is 0 Å². The Kier molecular flexibility index (Phi) is 8.31. The Morgan fingerprint density at radius 1 is 1.39 bits per heavy atom. The minimum atomic E-state index is 0.479. The molecule has 1 unspecified atom stereocenters. The lowest BCUT2D eigenvalue weighted by Crippen LogP contribution is -2.39. The van der Waals surface area contributed by atoms with Gasteiger partial charge in [-0.1, -0.05) is 13.8 Å². The number of ether oxygens (including phenoxy) is 1. The van der Waals surface area contributed by atoms with Gasteiger partial charge < -0.3 is 14.5 Å². The van der Waals surface area contributed by atoms with Crippen molar-refractivity contribution in [2.24, 2.45) is 0 Å². The first kappa shape index (κ1) is 16.3. The maximum atomic E-state index is 5.96. The fourth-order valence-corrected chi connectivity index (χ4v) is 2.61. The molecule has 1 atom stereocenters. The molecule has 0 radical (unpaired) electrons. The second-order valence-electron chi connectivity index (χ2n) is 5.47. The lowest BCUT2D eigenvalue weighted by Gasteiger charge is -2.32. The van der Waals surface area contributed by atoms with Crippen LogP contribution >= 0.6 is 12.6 Å². The summed E-state index contributed by atoms with van der Waals surface area (Å²) in [6.45, 7) is 11.0. The molecule has 0 aliphatic carbocycles. The summed E-state index contributed by atoms with van der Waals surface area (Å²) in [4.78, 5) is 4.84. The minimum Gasteiger partial charge on any atom is -0.378 e. The first-order valence-electron chi connectivity index (χ1n) is 7.32. The molecule has 1 heterocycles. The van der Waals surface area contributed by atoms with Gasteiger partial charge in [0, 0.05) is 38.0 Å². The van der Waals surface area contributed by atoms with Crippen LogP contribution in [0.25, 0.3) is 0 Å². The van der Waals surface area contributed by atoms with Crippen molar-refractivity contribution in [3.63, 3.8) is 0 Å². The van der Waals surface area contributed by atoms with Gasteiger partial charge in [0.15, 0.2) is 0 Å². The molecule has 0 aromatic rings. The van der Waals surface area contributed by atoms with Crippen LogP contribution in [0.1, 0.15) is 33.1 Å². The Labute approximate surface area is 118 Å². The van der Waals surface area contributed by atoms with Gasteiger partial charge in [-0.3, -0.25) is 0 Å². The van der Waals surface area contributed by atoms with Gasteiger partial charge in [-0.05, 0) is 32.9 Å². The molecule has 1 aliphatic rings. The van der Waals surface area contributed by atoms with E-state index in [1.54, 1.807) is 0 Å². The van der Waals surface area contributed by atoms with Crippen molar-refractivity contribution in [1.82, 2.24) is 9.80 Å². The normalized spacial score (nSPS) is 20.5. The van der Waals surface area contributed by atoms with E-state index in [1.165, 1.54) is 25.9 Å². The third-order valence-electron chi connectivity index (χ3n) is 3.63. The zero-order valence-corrected chi connectivity index (χ0v) is 13.2. The smallest absolute Gasteiger partial charge is 0.0599 e. The van der Waals surface area contributed by atoms with Crippen molar-refractivity contribution in [3.8, 4) is 0 Å². The van der Waals surface area contributed by atoms with Gasteiger partial charge in [-0.15, -0.1) is 0 Å². The summed E-state index contributed by atoms with van der Waals surface area (Å²) in [7, 11) is 2.16. The fourth-order valence-electron chi connectivity index (χ4n) is 2.37. The molecule has 0 bridgehead atoms. The Morgan fingerprint density at radius 3 is 2.61 bits per heavy atom. The lowest BCUT2D eigenvalue weighted by molar-refractivity contribution is 0.00491. The highest BCUT2D eigenvalue weighted by Crippen LogP contribution is 2.15. The summed E-state index contributed by atoms with van der Waals surface area (Å²) in [5.74, 6) is 0. The number of thiol groups is 1. The van der Waals surface area contributed by atoms with Crippen LogP contribution in [0.15, 0.2) is 0 Å². The molecule has 4 heteroatoms. The second kappa shape index (κ2) is 9.18. The summed E-state index contributed by atoms with van der Waals surface area (Å²) < 4.78 is 5.96. The maximum absolute atomic E-state index is 5.96. The Balaban J connectivity index is 2.02. The van der Waals surface area contributed by atoms with Crippen LogP contribution in [0.5, 0.6) is 0 Å². The molecule has 18 heavy (non-hydrogen) atoms.